The van der Waals surface area contributed by atoms with Gasteiger partial charge in [-0.25, -0.2) is 0 Å². The Labute approximate surface area is 186 Å². The number of hydrogen-bond acceptors (Lipinski definition) is 4. The van der Waals surface area contributed by atoms with E-state index in [1.807, 2.05) is 37.3 Å². The van der Waals surface area contributed by atoms with Gasteiger partial charge in [-0.3, -0.25) is 4.79 Å². The van der Waals surface area contributed by atoms with Crippen LogP contribution in [0.2, 0.25) is 0 Å². The molecule has 2 aliphatic rings. The second kappa shape index (κ2) is 13.4. The molecule has 0 atom stereocenters. The maximum Gasteiger partial charge on any atom is 0.221 e. The standard InChI is InChI=1S/C15H21NO2.C9H11NO.C2H2/c1-2-8-16(7-1)9-3-4-13-5-6-14-15(12-13)18-11-10-17-14;1-7-4-2-3-5-8(7)6-9(10)11;1-2/h5-6,12H,1-4,7-11H2;2-5H,6H2,1H3,(H2,10,11);1-2H. The summed E-state index contributed by atoms with van der Waals surface area (Å²) < 4.78 is 11.1. The summed E-state index contributed by atoms with van der Waals surface area (Å²) >= 11 is 0. The summed E-state index contributed by atoms with van der Waals surface area (Å²) in [7, 11) is 0. The number of amides is 1. The molecule has 31 heavy (non-hydrogen) atoms. The molecule has 0 aliphatic carbocycles. The van der Waals surface area contributed by atoms with Crippen molar-refractivity contribution in [2.45, 2.75) is 39.0 Å². The molecular weight excluding hydrogens is 388 g/mol. The zero-order valence-electron chi connectivity index (χ0n) is 18.5. The summed E-state index contributed by atoms with van der Waals surface area (Å²) in [6.45, 7) is 7.13. The number of benzene rings is 2. The van der Waals surface area contributed by atoms with E-state index >= 15 is 0 Å². The first kappa shape index (κ1) is 24.3. The zero-order chi connectivity index (χ0) is 22.5. The Morgan fingerprint density at radius 3 is 2.39 bits per heavy atom. The minimum Gasteiger partial charge on any atom is -0.486 e. The highest BCUT2D eigenvalue weighted by molar-refractivity contribution is 5.76. The molecule has 5 heteroatoms. The quantitative estimate of drug-likeness (QED) is 0.720. The van der Waals surface area contributed by atoms with Gasteiger partial charge in [0.25, 0.3) is 0 Å². The fourth-order valence-corrected chi connectivity index (χ4v) is 3.75. The highest BCUT2D eigenvalue weighted by atomic mass is 16.6. The van der Waals surface area contributed by atoms with E-state index < -0.39 is 0 Å². The number of likely N-dealkylation sites (tertiary alicyclic amines) is 1. The van der Waals surface area contributed by atoms with Crippen molar-refractivity contribution in [1.82, 2.24) is 4.90 Å². The average Bonchev–Trinajstić information content (AvgIpc) is 3.30. The van der Waals surface area contributed by atoms with Gasteiger partial charge in [0, 0.05) is 0 Å². The molecule has 5 nitrogen and oxygen atoms in total. The molecule has 4 rings (SSSR count). The molecular formula is C26H34N2O3. The number of terminal acetylenes is 1. The summed E-state index contributed by atoms with van der Waals surface area (Å²) in [5.74, 6) is 1.53. The van der Waals surface area contributed by atoms with Crippen molar-refractivity contribution in [2.75, 3.05) is 32.8 Å². The lowest BCUT2D eigenvalue weighted by molar-refractivity contribution is -0.117. The van der Waals surface area contributed by atoms with Gasteiger partial charge in [-0.05, 0) is 81.1 Å². The third-order valence-electron chi connectivity index (χ3n) is 5.37. The van der Waals surface area contributed by atoms with Crippen LogP contribution in [0.3, 0.4) is 0 Å². The molecule has 1 fully saturated rings. The summed E-state index contributed by atoms with van der Waals surface area (Å²) in [6, 6.07) is 14.1. The fourth-order valence-electron chi connectivity index (χ4n) is 3.75. The van der Waals surface area contributed by atoms with Crippen molar-refractivity contribution in [1.29, 1.82) is 0 Å². The number of nitrogens with two attached hydrogens (primary N) is 1. The van der Waals surface area contributed by atoms with Gasteiger partial charge in [0.05, 0.1) is 6.42 Å². The smallest absolute Gasteiger partial charge is 0.221 e. The predicted octanol–water partition coefficient (Wildman–Crippen LogP) is 3.76. The molecule has 1 saturated heterocycles. The number of aryl methyl sites for hydroxylation is 2. The van der Waals surface area contributed by atoms with E-state index in [-0.39, 0.29) is 5.91 Å². The maximum absolute atomic E-state index is 10.5. The van der Waals surface area contributed by atoms with E-state index in [0.717, 1.165) is 29.0 Å². The van der Waals surface area contributed by atoms with Gasteiger partial charge in [-0.1, -0.05) is 30.3 Å². The van der Waals surface area contributed by atoms with E-state index in [2.05, 4.69) is 29.9 Å². The van der Waals surface area contributed by atoms with Crippen molar-refractivity contribution in [3.05, 3.63) is 59.2 Å². The van der Waals surface area contributed by atoms with Gasteiger partial charge in [0.1, 0.15) is 13.2 Å². The molecule has 0 spiro atoms. The Bertz CT molecular complexity index is 842. The summed E-state index contributed by atoms with van der Waals surface area (Å²) in [4.78, 5) is 13.1. The molecule has 2 heterocycles. The minimum atomic E-state index is -0.278. The van der Waals surface area contributed by atoms with Gasteiger partial charge < -0.3 is 20.1 Å². The molecule has 2 aliphatic heterocycles. The van der Waals surface area contributed by atoms with Gasteiger partial charge in [0.2, 0.25) is 5.91 Å². The Kier molecular flexibility index (Phi) is 10.5. The monoisotopic (exact) mass is 422 g/mol. The van der Waals surface area contributed by atoms with Crippen LogP contribution in [0.15, 0.2) is 42.5 Å². The van der Waals surface area contributed by atoms with E-state index in [1.165, 1.54) is 44.5 Å². The van der Waals surface area contributed by atoms with Crippen LogP contribution in [0, 0.1) is 19.8 Å². The van der Waals surface area contributed by atoms with Crippen LogP contribution in [0.25, 0.3) is 0 Å². The lowest BCUT2D eigenvalue weighted by Gasteiger charge is -2.19. The molecule has 0 saturated carbocycles. The Hall–Kier alpha value is -2.97. The van der Waals surface area contributed by atoms with Crippen LogP contribution in [0.4, 0.5) is 0 Å². The SMILES string of the molecule is C#C.Cc1ccccc1CC(N)=O.c1cc2c(cc1CCCN1CCCC1)OCCO2. The molecule has 0 radical (unpaired) electrons. The first-order valence-corrected chi connectivity index (χ1v) is 10.9. The van der Waals surface area contributed by atoms with Crippen molar-refractivity contribution < 1.29 is 14.3 Å². The molecule has 2 N–H and O–H groups in total. The van der Waals surface area contributed by atoms with Crippen LogP contribution in [-0.4, -0.2) is 43.7 Å². The van der Waals surface area contributed by atoms with Crippen LogP contribution in [0.1, 0.15) is 36.0 Å². The molecule has 0 unspecified atom stereocenters. The van der Waals surface area contributed by atoms with Crippen LogP contribution in [-0.2, 0) is 17.6 Å². The second-order valence-corrected chi connectivity index (χ2v) is 7.70. The van der Waals surface area contributed by atoms with Crippen LogP contribution in [0.5, 0.6) is 11.5 Å². The molecule has 166 valence electrons. The Balaban J connectivity index is 0.000000226. The number of carbonyl (C=O) groups is 1. The normalized spacial score (nSPS) is 14.5. The topological polar surface area (TPSA) is 64.8 Å². The Morgan fingerprint density at radius 2 is 1.71 bits per heavy atom. The van der Waals surface area contributed by atoms with Crippen LogP contribution < -0.4 is 15.2 Å². The van der Waals surface area contributed by atoms with Crippen molar-refractivity contribution in [3.63, 3.8) is 0 Å². The van der Waals surface area contributed by atoms with Crippen LogP contribution >= 0.6 is 0 Å². The van der Waals surface area contributed by atoms with E-state index in [9.17, 15) is 4.79 Å². The number of hydrogen-bond donors (Lipinski definition) is 1. The number of rotatable bonds is 6. The predicted molar refractivity (Wildman–Crippen MR) is 125 cm³/mol. The van der Waals surface area contributed by atoms with E-state index in [4.69, 9.17) is 15.2 Å². The van der Waals surface area contributed by atoms with Gasteiger partial charge in [-0.2, -0.15) is 0 Å². The zero-order valence-corrected chi connectivity index (χ0v) is 18.5. The second-order valence-electron chi connectivity index (χ2n) is 7.70. The molecule has 1 amide bonds. The average molecular weight is 423 g/mol. The first-order chi connectivity index (χ1) is 15.1. The van der Waals surface area contributed by atoms with Crippen molar-refractivity contribution >= 4 is 5.91 Å². The number of fused-ring (bicyclic) bond motifs is 1. The van der Waals surface area contributed by atoms with Gasteiger partial charge in [-0.15, -0.1) is 12.8 Å². The number of ether oxygens (including phenoxy) is 2. The third kappa shape index (κ3) is 8.35. The molecule has 2 aromatic rings. The minimum absolute atomic E-state index is 0.278. The first-order valence-electron chi connectivity index (χ1n) is 10.9. The fraction of sp³-hybridized carbons (Fsp3) is 0.423. The molecule has 0 bridgehead atoms. The number of nitrogens with zero attached hydrogens (tertiary/aromatic N) is 1. The molecule has 2 aromatic carbocycles. The van der Waals surface area contributed by atoms with Crippen molar-refractivity contribution in [2.24, 2.45) is 5.73 Å². The maximum atomic E-state index is 10.5. The largest absolute Gasteiger partial charge is 0.486 e. The highest BCUT2D eigenvalue weighted by Crippen LogP contribution is 2.31. The number of carbonyl (C=O) groups excluding carboxylic acids is 1. The van der Waals surface area contributed by atoms with Crippen molar-refractivity contribution in [3.8, 4) is 24.3 Å². The lowest BCUT2D eigenvalue weighted by Crippen LogP contribution is -2.20. The van der Waals surface area contributed by atoms with E-state index in [1.54, 1.807) is 0 Å². The lowest BCUT2D eigenvalue weighted by atomic mass is 10.1. The Morgan fingerprint density at radius 1 is 1.03 bits per heavy atom. The van der Waals surface area contributed by atoms with Gasteiger partial charge >= 0.3 is 0 Å². The third-order valence-corrected chi connectivity index (χ3v) is 5.37. The summed E-state index contributed by atoms with van der Waals surface area (Å²) in [5.41, 5.74) is 8.54. The van der Waals surface area contributed by atoms with E-state index in [0.29, 0.717) is 19.6 Å². The highest BCUT2D eigenvalue weighted by Gasteiger charge is 2.13. The summed E-state index contributed by atoms with van der Waals surface area (Å²) in [5, 5.41) is 0. The molecule has 0 aromatic heterocycles. The number of primary amides is 1. The van der Waals surface area contributed by atoms with Gasteiger partial charge in [0.15, 0.2) is 11.5 Å². The summed E-state index contributed by atoms with van der Waals surface area (Å²) in [6.07, 6.45) is 13.5.